The zero-order chi connectivity index (χ0) is 15.3. The number of thiophene rings is 1. The number of hydrogen-bond acceptors (Lipinski definition) is 6. The Bertz CT molecular complexity index is 663. The first kappa shape index (κ1) is 16.2. The lowest BCUT2D eigenvalue weighted by Crippen LogP contribution is -2.23. The summed E-state index contributed by atoms with van der Waals surface area (Å²) in [5, 5.41) is 6.95. The van der Waals surface area contributed by atoms with Gasteiger partial charge in [0.25, 0.3) is 0 Å². The predicted octanol–water partition coefficient (Wildman–Crippen LogP) is 2.02. The zero-order valence-electron chi connectivity index (χ0n) is 12.0. The van der Waals surface area contributed by atoms with Crippen molar-refractivity contribution in [1.82, 2.24) is 15.2 Å². The first-order valence-electron chi connectivity index (χ1n) is 6.72. The van der Waals surface area contributed by atoms with Crippen molar-refractivity contribution in [1.29, 1.82) is 0 Å². The van der Waals surface area contributed by atoms with Crippen LogP contribution in [0, 0.1) is 6.92 Å². The van der Waals surface area contributed by atoms with Gasteiger partial charge in [-0.2, -0.15) is 0 Å². The van der Waals surface area contributed by atoms with Crippen LogP contribution in [0.4, 0.5) is 0 Å². The summed E-state index contributed by atoms with van der Waals surface area (Å²) in [6, 6.07) is 3.36. The van der Waals surface area contributed by atoms with Crippen molar-refractivity contribution in [3.63, 3.8) is 0 Å². The fourth-order valence-electron chi connectivity index (χ4n) is 1.84. The molecule has 8 heteroatoms. The molecule has 0 amide bonds. The molecule has 2 aromatic rings. The summed E-state index contributed by atoms with van der Waals surface area (Å²) in [5.41, 5.74) is 0.552. The van der Waals surface area contributed by atoms with E-state index >= 15 is 0 Å². The van der Waals surface area contributed by atoms with Crippen LogP contribution in [0.5, 0.6) is 0 Å². The van der Waals surface area contributed by atoms with Gasteiger partial charge in [0.2, 0.25) is 10.0 Å². The molecule has 2 aromatic heterocycles. The summed E-state index contributed by atoms with van der Waals surface area (Å²) < 4.78 is 31.8. The first-order chi connectivity index (χ1) is 10.0. The van der Waals surface area contributed by atoms with Gasteiger partial charge in [-0.3, -0.25) is 0 Å². The summed E-state index contributed by atoms with van der Waals surface area (Å²) in [6.07, 6.45) is 2.46. The minimum Gasteiger partial charge on any atom is -0.364 e. The molecule has 0 aliphatic heterocycles. The third-order valence-electron chi connectivity index (χ3n) is 2.87. The Kier molecular flexibility index (Phi) is 5.51. The van der Waals surface area contributed by atoms with E-state index in [1.54, 1.807) is 12.1 Å². The second kappa shape index (κ2) is 7.17. The Labute approximate surface area is 128 Å². The van der Waals surface area contributed by atoms with Gasteiger partial charge in [0.15, 0.2) is 0 Å². The van der Waals surface area contributed by atoms with E-state index in [1.807, 2.05) is 6.92 Å². The summed E-state index contributed by atoms with van der Waals surface area (Å²) in [7, 11) is -3.53. The molecule has 21 heavy (non-hydrogen) atoms. The van der Waals surface area contributed by atoms with E-state index in [2.05, 4.69) is 26.6 Å². The molecule has 6 nitrogen and oxygen atoms in total. The quantitative estimate of drug-likeness (QED) is 0.724. The third-order valence-corrected chi connectivity index (χ3v) is 5.58. The second-order valence-corrected chi connectivity index (χ2v) is 7.70. The van der Waals surface area contributed by atoms with Gasteiger partial charge in [-0.1, -0.05) is 12.1 Å². The molecule has 0 fully saturated rings. The maximum absolute atomic E-state index is 12.3. The van der Waals surface area contributed by atoms with E-state index in [1.165, 1.54) is 17.6 Å². The summed E-state index contributed by atoms with van der Waals surface area (Å²) in [4.78, 5) is 2.14. The van der Waals surface area contributed by atoms with Gasteiger partial charge in [-0.25, -0.2) is 13.1 Å². The smallest absolute Gasteiger partial charge is 0.242 e. The molecule has 2 N–H and O–H groups in total. The van der Waals surface area contributed by atoms with Crippen molar-refractivity contribution in [2.75, 3.05) is 6.54 Å². The van der Waals surface area contributed by atoms with Gasteiger partial charge in [-0.05, 0) is 26.0 Å². The summed E-state index contributed by atoms with van der Waals surface area (Å²) >= 11 is 1.50. The molecule has 0 aromatic carbocycles. The standard InChI is InChI=1S/C13H19N3O3S2/c1-3-5-14-9-12-7-13(10(2)20-12)21(17,18)15-8-11-4-6-19-16-11/h4,6-7,14-15H,3,5,8-9H2,1-2H3. The topological polar surface area (TPSA) is 84.2 Å². The number of aromatic nitrogens is 1. The van der Waals surface area contributed by atoms with Crippen molar-refractivity contribution in [3.8, 4) is 0 Å². The van der Waals surface area contributed by atoms with Crippen LogP contribution in [0.1, 0.15) is 28.8 Å². The molecule has 116 valence electrons. The van der Waals surface area contributed by atoms with Crippen LogP contribution in [0.25, 0.3) is 0 Å². The van der Waals surface area contributed by atoms with E-state index in [-0.39, 0.29) is 6.54 Å². The Morgan fingerprint density at radius 1 is 1.38 bits per heavy atom. The normalized spacial score (nSPS) is 11.9. The highest BCUT2D eigenvalue weighted by atomic mass is 32.2. The molecular formula is C13H19N3O3S2. The van der Waals surface area contributed by atoms with Crippen LogP contribution in [-0.4, -0.2) is 20.1 Å². The SMILES string of the molecule is CCCNCc1cc(S(=O)(=O)NCc2ccon2)c(C)s1. The largest absolute Gasteiger partial charge is 0.364 e. The minimum absolute atomic E-state index is 0.123. The maximum atomic E-state index is 12.3. The van der Waals surface area contributed by atoms with Crippen molar-refractivity contribution in [3.05, 3.63) is 33.8 Å². The fourth-order valence-corrected chi connectivity index (χ4v) is 4.44. The Morgan fingerprint density at radius 3 is 2.86 bits per heavy atom. The predicted molar refractivity (Wildman–Crippen MR) is 81.6 cm³/mol. The Balaban J connectivity index is 2.05. The molecule has 0 bridgehead atoms. The number of nitrogens with zero attached hydrogens (tertiary/aromatic N) is 1. The summed E-state index contributed by atoms with van der Waals surface area (Å²) in [5.74, 6) is 0. The van der Waals surface area contributed by atoms with Crippen LogP contribution in [0.2, 0.25) is 0 Å². The highest BCUT2D eigenvalue weighted by Crippen LogP contribution is 2.25. The number of nitrogens with one attached hydrogen (secondary N) is 2. The lowest BCUT2D eigenvalue weighted by atomic mass is 10.4. The van der Waals surface area contributed by atoms with Gasteiger partial charge < -0.3 is 9.84 Å². The molecule has 0 aliphatic rings. The molecular weight excluding hydrogens is 310 g/mol. The monoisotopic (exact) mass is 329 g/mol. The molecule has 0 saturated heterocycles. The fraction of sp³-hybridized carbons (Fsp3) is 0.462. The Morgan fingerprint density at radius 2 is 2.19 bits per heavy atom. The van der Waals surface area contributed by atoms with Crippen LogP contribution in [0.3, 0.4) is 0 Å². The highest BCUT2D eigenvalue weighted by molar-refractivity contribution is 7.89. The van der Waals surface area contributed by atoms with E-state index in [4.69, 9.17) is 0 Å². The molecule has 2 rings (SSSR count). The lowest BCUT2D eigenvalue weighted by Gasteiger charge is -2.03. The first-order valence-corrected chi connectivity index (χ1v) is 9.02. The molecule has 0 spiro atoms. The number of hydrogen-bond donors (Lipinski definition) is 2. The molecule has 0 saturated carbocycles. The highest BCUT2D eigenvalue weighted by Gasteiger charge is 2.20. The van der Waals surface area contributed by atoms with E-state index in [0.717, 1.165) is 22.7 Å². The van der Waals surface area contributed by atoms with Crippen LogP contribution in [-0.2, 0) is 23.1 Å². The molecule has 0 radical (unpaired) electrons. The van der Waals surface area contributed by atoms with Crippen molar-refractivity contribution in [2.24, 2.45) is 0 Å². The molecule has 0 atom stereocenters. The maximum Gasteiger partial charge on any atom is 0.242 e. The zero-order valence-corrected chi connectivity index (χ0v) is 13.7. The number of sulfonamides is 1. The van der Waals surface area contributed by atoms with Crippen LogP contribution >= 0.6 is 11.3 Å². The number of aryl methyl sites for hydroxylation is 1. The second-order valence-electron chi connectivity index (χ2n) is 4.63. The van der Waals surface area contributed by atoms with Crippen molar-refractivity contribution in [2.45, 2.75) is 38.3 Å². The molecule has 0 unspecified atom stereocenters. The van der Waals surface area contributed by atoms with Crippen molar-refractivity contribution < 1.29 is 12.9 Å². The van der Waals surface area contributed by atoms with Gasteiger partial charge in [-0.15, -0.1) is 11.3 Å². The van der Waals surface area contributed by atoms with Gasteiger partial charge in [0.05, 0.1) is 17.1 Å². The molecule has 2 heterocycles. The van der Waals surface area contributed by atoms with E-state index in [0.29, 0.717) is 17.1 Å². The van der Waals surface area contributed by atoms with Crippen molar-refractivity contribution >= 4 is 21.4 Å². The Hall–Kier alpha value is -1.22. The third kappa shape index (κ3) is 4.37. The van der Waals surface area contributed by atoms with Gasteiger partial charge in [0.1, 0.15) is 6.26 Å². The molecule has 0 aliphatic carbocycles. The van der Waals surface area contributed by atoms with E-state index < -0.39 is 10.0 Å². The van der Waals surface area contributed by atoms with E-state index in [9.17, 15) is 8.42 Å². The van der Waals surface area contributed by atoms with Crippen LogP contribution in [0.15, 0.2) is 27.8 Å². The minimum atomic E-state index is -3.53. The average molecular weight is 329 g/mol. The van der Waals surface area contributed by atoms with Gasteiger partial charge >= 0.3 is 0 Å². The average Bonchev–Trinajstić information content (AvgIpc) is 3.07. The van der Waals surface area contributed by atoms with Crippen LogP contribution < -0.4 is 10.0 Å². The summed E-state index contributed by atoms with van der Waals surface area (Å²) in [6.45, 7) is 5.65. The lowest BCUT2D eigenvalue weighted by molar-refractivity contribution is 0.411. The number of rotatable bonds is 8. The van der Waals surface area contributed by atoms with Gasteiger partial charge in [0, 0.05) is 22.4 Å².